The van der Waals surface area contributed by atoms with Gasteiger partial charge in [-0.15, -0.1) is 0 Å². The minimum atomic E-state index is -0.375. The van der Waals surface area contributed by atoms with E-state index in [1.165, 1.54) is 14.2 Å². The van der Waals surface area contributed by atoms with Gasteiger partial charge in [0.1, 0.15) is 6.61 Å². The molecule has 2 aromatic rings. The van der Waals surface area contributed by atoms with Crippen molar-refractivity contribution in [3.8, 4) is 28.4 Å². The fourth-order valence-corrected chi connectivity index (χ4v) is 3.20. The monoisotopic (exact) mass is 384 g/mol. The summed E-state index contributed by atoms with van der Waals surface area (Å²) in [6.07, 6.45) is 0.237. The molecular weight excluding hydrogens is 360 g/mol. The quantitative estimate of drug-likeness (QED) is 0.563. The Kier molecular flexibility index (Phi) is 5.31. The maximum atomic E-state index is 12.6. The predicted molar refractivity (Wildman–Crippen MR) is 104 cm³/mol. The van der Waals surface area contributed by atoms with Gasteiger partial charge in [-0.25, -0.2) is 4.79 Å². The summed E-state index contributed by atoms with van der Waals surface area (Å²) in [5.74, 6) is 0.308. The highest BCUT2D eigenvalue weighted by Gasteiger charge is 2.28. The summed E-state index contributed by atoms with van der Waals surface area (Å²) >= 11 is 0. The number of benzene rings is 2. The Hall–Kier alpha value is -3.02. The number of carbonyl (C=O) groups is 2. The molecule has 0 N–H and O–H groups in total. The summed E-state index contributed by atoms with van der Waals surface area (Å²) in [5.41, 5.74) is 2.43. The van der Waals surface area contributed by atoms with E-state index >= 15 is 0 Å². The number of esters is 2. The third-order valence-corrected chi connectivity index (χ3v) is 4.42. The van der Waals surface area contributed by atoms with Crippen molar-refractivity contribution < 1.29 is 28.5 Å². The number of fused-ring (bicyclic) bond motifs is 1. The first kappa shape index (κ1) is 19.7. The third kappa shape index (κ3) is 3.81. The Morgan fingerprint density at radius 3 is 2.36 bits per heavy atom. The van der Waals surface area contributed by atoms with Gasteiger partial charge in [-0.05, 0) is 29.2 Å². The number of ether oxygens (including phenoxy) is 4. The topological polar surface area (TPSA) is 71.1 Å². The van der Waals surface area contributed by atoms with E-state index in [9.17, 15) is 9.59 Å². The average Bonchev–Trinajstić information content (AvgIpc) is 3.01. The van der Waals surface area contributed by atoms with Gasteiger partial charge in [0.2, 0.25) is 5.75 Å². The molecular formula is C22H24O6. The zero-order chi connectivity index (χ0) is 20.5. The van der Waals surface area contributed by atoms with Gasteiger partial charge in [-0.1, -0.05) is 32.9 Å². The molecule has 0 unspecified atom stereocenters. The second kappa shape index (κ2) is 7.54. The van der Waals surface area contributed by atoms with Crippen LogP contribution in [0.4, 0.5) is 0 Å². The summed E-state index contributed by atoms with van der Waals surface area (Å²) in [5, 5.41) is 0. The first-order valence-corrected chi connectivity index (χ1v) is 9.00. The van der Waals surface area contributed by atoms with Crippen molar-refractivity contribution >= 4 is 11.9 Å². The third-order valence-electron chi connectivity index (χ3n) is 4.42. The van der Waals surface area contributed by atoms with Crippen LogP contribution in [-0.4, -0.2) is 26.2 Å². The van der Waals surface area contributed by atoms with Crippen LogP contribution in [0.2, 0.25) is 0 Å². The summed E-state index contributed by atoms with van der Waals surface area (Å²) in [6, 6.07) is 8.90. The molecule has 1 aliphatic heterocycles. The molecule has 0 fully saturated rings. The highest BCUT2D eigenvalue weighted by atomic mass is 16.6. The fraction of sp³-hybridized carbons (Fsp3) is 0.364. The van der Waals surface area contributed by atoms with Crippen molar-refractivity contribution in [2.24, 2.45) is 5.41 Å². The normalized spacial score (nSPS) is 13.0. The summed E-state index contributed by atoms with van der Waals surface area (Å²) < 4.78 is 21.8. The minimum absolute atomic E-state index is 0.175. The van der Waals surface area contributed by atoms with E-state index in [2.05, 4.69) is 0 Å². The number of hydrogen-bond acceptors (Lipinski definition) is 6. The van der Waals surface area contributed by atoms with Crippen molar-refractivity contribution in [1.29, 1.82) is 0 Å². The summed E-state index contributed by atoms with van der Waals surface area (Å²) in [7, 11) is 3.01. The zero-order valence-electron chi connectivity index (χ0n) is 16.8. The zero-order valence-corrected chi connectivity index (χ0v) is 16.8. The van der Waals surface area contributed by atoms with Crippen molar-refractivity contribution in [3.05, 3.63) is 41.5 Å². The molecule has 0 atom stereocenters. The van der Waals surface area contributed by atoms with E-state index in [0.717, 1.165) is 11.1 Å². The van der Waals surface area contributed by atoms with Gasteiger partial charge in [0, 0.05) is 11.1 Å². The smallest absolute Gasteiger partial charge is 0.338 e. The number of carbonyl (C=O) groups excluding carboxylic acids is 2. The second-order valence-corrected chi connectivity index (χ2v) is 7.80. The minimum Gasteiger partial charge on any atom is -0.493 e. The van der Waals surface area contributed by atoms with Gasteiger partial charge in [-0.2, -0.15) is 0 Å². The molecule has 6 heteroatoms. The highest BCUT2D eigenvalue weighted by Crippen LogP contribution is 2.46. The number of rotatable bonds is 5. The molecule has 1 heterocycles. The van der Waals surface area contributed by atoms with Crippen molar-refractivity contribution in [1.82, 2.24) is 0 Å². The van der Waals surface area contributed by atoms with E-state index in [-0.39, 0.29) is 36.1 Å². The van der Waals surface area contributed by atoms with Crippen molar-refractivity contribution in [2.45, 2.75) is 33.8 Å². The van der Waals surface area contributed by atoms with Crippen LogP contribution in [0.3, 0.4) is 0 Å². The van der Waals surface area contributed by atoms with Gasteiger partial charge in [0.05, 0.1) is 26.2 Å². The Morgan fingerprint density at radius 1 is 1.00 bits per heavy atom. The molecule has 148 valence electrons. The van der Waals surface area contributed by atoms with Gasteiger partial charge in [-0.3, -0.25) is 4.79 Å². The van der Waals surface area contributed by atoms with Crippen LogP contribution in [0.1, 0.15) is 43.1 Å². The van der Waals surface area contributed by atoms with Gasteiger partial charge in [0.15, 0.2) is 11.5 Å². The molecule has 6 nitrogen and oxygen atoms in total. The second-order valence-electron chi connectivity index (χ2n) is 7.80. The average molecular weight is 384 g/mol. The van der Waals surface area contributed by atoms with Crippen LogP contribution >= 0.6 is 0 Å². The van der Waals surface area contributed by atoms with Crippen molar-refractivity contribution in [3.63, 3.8) is 0 Å². The Balaban J connectivity index is 2.15. The van der Waals surface area contributed by atoms with Gasteiger partial charge in [0.25, 0.3) is 0 Å². The maximum absolute atomic E-state index is 12.6. The van der Waals surface area contributed by atoms with Gasteiger partial charge >= 0.3 is 11.9 Å². The molecule has 0 spiro atoms. The van der Waals surface area contributed by atoms with Crippen LogP contribution in [0.15, 0.2) is 30.3 Å². The molecule has 0 aliphatic carbocycles. The lowest BCUT2D eigenvalue weighted by Crippen LogP contribution is -2.18. The van der Waals surface area contributed by atoms with E-state index in [1.807, 2.05) is 26.8 Å². The summed E-state index contributed by atoms with van der Waals surface area (Å²) in [4.78, 5) is 24.5. The standard InChI is InChI=1S/C22H24O6/c1-22(2,3)11-18(23)28-19-14(9-10-17(25-4)20(19)26-5)13-7-6-8-15-16(13)12-27-21(15)24/h6-10H,11-12H2,1-5H3. The van der Waals surface area contributed by atoms with Gasteiger partial charge < -0.3 is 18.9 Å². The Bertz CT molecular complexity index is 923. The van der Waals surface area contributed by atoms with Crippen LogP contribution in [0.5, 0.6) is 17.2 Å². The van der Waals surface area contributed by atoms with E-state index in [4.69, 9.17) is 18.9 Å². The first-order valence-electron chi connectivity index (χ1n) is 9.00. The van der Waals surface area contributed by atoms with E-state index < -0.39 is 0 Å². The number of cyclic esters (lactones) is 1. The molecule has 0 amide bonds. The number of hydrogen-bond donors (Lipinski definition) is 0. The molecule has 3 rings (SSSR count). The Morgan fingerprint density at radius 2 is 1.71 bits per heavy atom. The molecule has 28 heavy (non-hydrogen) atoms. The SMILES string of the molecule is COc1ccc(-c2cccc3c2COC3=O)c(OC(=O)CC(C)(C)C)c1OC. The number of methoxy groups -OCH3 is 2. The predicted octanol–water partition coefficient (Wildman–Crippen LogP) is 4.38. The molecule has 2 aromatic carbocycles. The lowest BCUT2D eigenvalue weighted by molar-refractivity contribution is -0.136. The van der Waals surface area contributed by atoms with E-state index in [0.29, 0.717) is 22.6 Å². The Labute approximate surface area is 164 Å². The molecule has 0 bridgehead atoms. The largest absolute Gasteiger partial charge is 0.493 e. The van der Waals surface area contributed by atoms with Crippen molar-refractivity contribution in [2.75, 3.05) is 14.2 Å². The molecule has 0 saturated heterocycles. The molecule has 1 aliphatic rings. The molecule has 0 radical (unpaired) electrons. The molecule has 0 aromatic heterocycles. The van der Waals surface area contributed by atoms with Crippen LogP contribution in [-0.2, 0) is 16.1 Å². The highest BCUT2D eigenvalue weighted by molar-refractivity contribution is 5.97. The fourth-order valence-electron chi connectivity index (χ4n) is 3.20. The summed E-state index contributed by atoms with van der Waals surface area (Å²) in [6.45, 7) is 6.06. The lowest BCUT2D eigenvalue weighted by Gasteiger charge is -2.20. The molecule has 0 saturated carbocycles. The van der Waals surface area contributed by atoms with Crippen LogP contribution in [0, 0.1) is 5.41 Å². The van der Waals surface area contributed by atoms with Crippen LogP contribution < -0.4 is 14.2 Å². The van der Waals surface area contributed by atoms with E-state index in [1.54, 1.807) is 24.3 Å². The maximum Gasteiger partial charge on any atom is 0.338 e. The lowest BCUT2D eigenvalue weighted by atomic mass is 9.92. The first-order chi connectivity index (χ1) is 13.2. The van der Waals surface area contributed by atoms with Crippen LogP contribution in [0.25, 0.3) is 11.1 Å².